The van der Waals surface area contributed by atoms with Gasteiger partial charge in [-0.15, -0.1) is 0 Å². The van der Waals surface area contributed by atoms with Crippen LogP contribution in [-0.4, -0.2) is 27.1 Å². The molecule has 0 saturated carbocycles. The fourth-order valence-electron chi connectivity index (χ4n) is 2.91. The van der Waals surface area contributed by atoms with E-state index in [0.717, 1.165) is 33.7 Å². The Kier molecular flexibility index (Phi) is 6.65. The molecule has 0 aromatic heterocycles. The van der Waals surface area contributed by atoms with E-state index in [1.165, 1.54) is 5.56 Å². The van der Waals surface area contributed by atoms with Crippen molar-refractivity contribution in [2.75, 3.05) is 17.1 Å². The Bertz CT molecular complexity index is 906. The molecule has 0 saturated heterocycles. The molecule has 2 aromatic carbocycles. The Morgan fingerprint density at radius 1 is 1.11 bits per heavy atom. The molecule has 1 amide bonds. The Morgan fingerprint density at radius 2 is 1.74 bits per heavy atom. The van der Waals surface area contributed by atoms with Gasteiger partial charge in [0.05, 0.1) is 18.0 Å². The predicted molar refractivity (Wildman–Crippen MR) is 110 cm³/mol. The fourth-order valence-corrected chi connectivity index (χ4v) is 3.82. The minimum Gasteiger partial charge on any atom is -0.348 e. The van der Waals surface area contributed by atoms with Crippen molar-refractivity contribution in [3.05, 3.63) is 64.7 Å². The molecule has 0 aliphatic heterocycles. The van der Waals surface area contributed by atoms with Gasteiger partial charge in [-0.1, -0.05) is 43.3 Å². The molecule has 1 N–H and O–H groups in total. The molecular weight excluding hydrogens is 360 g/mol. The van der Waals surface area contributed by atoms with Gasteiger partial charge in [0.2, 0.25) is 15.9 Å². The van der Waals surface area contributed by atoms with Crippen LogP contribution in [-0.2, 0) is 21.2 Å². The van der Waals surface area contributed by atoms with Crippen molar-refractivity contribution in [2.24, 2.45) is 0 Å². The monoisotopic (exact) mass is 388 g/mol. The summed E-state index contributed by atoms with van der Waals surface area (Å²) in [5, 5.41) is 2.90. The number of nitrogens with zero attached hydrogens (tertiary/aromatic N) is 1. The van der Waals surface area contributed by atoms with E-state index in [9.17, 15) is 13.2 Å². The molecule has 0 heterocycles. The predicted octanol–water partition coefficient (Wildman–Crippen LogP) is 3.51. The Hall–Kier alpha value is -2.34. The Morgan fingerprint density at radius 3 is 2.30 bits per heavy atom. The maximum atomic E-state index is 12.6. The summed E-state index contributed by atoms with van der Waals surface area (Å²) in [7, 11) is -3.59. The lowest BCUT2D eigenvalue weighted by Crippen LogP contribution is -2.41. The SMILES string of the molecule is CCc1ccc(C(C)NC(=O)CN(c2cc(C)ccc2C)S(C)(=O)=O)cc1. The van der Waals surface area contributed by atoms with Crippen LogP contribution in [0.2, 0.25) is 0 Å². The molecule has 146 valence electrons. The van der Waals surface area contributed by atoms with Crippen LogP contribution in [0.4, 0.5) is 5.69 Å². The van der Waals surface area contributed by atoms with Gasteiger partial charge in [-0.2, -0.15) is 0 Å². The highest BCUT2D eigenvalue weighted by Gasteiger charge is 2.23. The largest absolute Gasteiger partial charge is 0.348 e. The van der Waals surface area contributed by atoms with E-state index in [4.69, 9.17) is 0 Å². The second-order valence-electron chi connectivity index (χ2n) is 6.94. The summed E-state index contributed by atoms with van der Waals surface area (Å²) in [5.74, 6) is -0.339. The van der Waals surface area contributed by atoms with Crippen molar-refractivity contribution in [3.8, 4) is 0 Å². The number of anilines is 1. The molecule has 0 spiro atoms. The molecule has 5 nitrogen and oxygen atoms in total. The minimum atomic E-state index is -3.59. The first-order valence-corrected chi connectivity index (χ1v) is 10.9. The number of hydrogen-bond donors (Lipinski definition) is 1. The van der Waals surface area contributed by atoms with Gasteiger partial charge in [0, 0.05) is 0 Å². The molecule has 2 aromatic rings. The summed E-state index contributed by atoms with van der Waals surface area (Å²) in [4.78, 5) is 12.6. The number of sulfonamides is 1. The van der Waals surface area contributed by atoms with Gasteiger partial charge in [0.25, 0.3) is 0 Å². The first kappa shape index (κ1) is 21.0. The second kappa shape index (κ2) is 8.57. The topological polar surface area (TPSA) is 66.5 Å². The number of rotatable bonds is 7. The molecule has 0 bridgehead atoms. The summed E-state index contributed by atoms with van der Waals surface area (Å²) in [6, 6.07) is 13.4. The number of benzene rings is 2. The molecule has 0 aliphatic carbocycles. The normalized spacial score (nSPS) is 12.5. The van der Waals surface area contributed by atoms with Crippen molar-refractivity contribution >= 4 is 21.6 Å². The maximum Gasteiger partial charge on any atom is 0.241 e. The summed E-state index contributed by atoms with van der Waals surface area (Å²) >= 11 is 0. The van der Waals surface area contributed by atoms with Gasteiger partial charge in [0.1, 0.15) is 6.54 Å². The molecule has 6 heteroatoms. The zero-order valence-corrected chi connectivity index (χ0v) is 17.4. The quantitative estimate of drug-likeness (QED) is 0.789. The number of nitrogens with one attached hydrogen (secondary N) is 1. The number of hydrogen-bond acceptors (Lipinski definition) is 3. The number of carbonyl (C=O) groups is 1. The van der Waals surface area contributed by atoms with Gasteiger partial charge in [0.15, 0.2) is 0 Å². The molecule has 1 atom stereocenters. The van der Waals surface area contributed by atoms with Crippen LogP contribution in [0, 0.1) is 13.8 Å². The van der Waals surface area contributed by atoms with Gasteiger partial charge < -0.3 is 5.32 Å². The third-order valence-corrected chi connectivity index (χ3v) is 5.71. The van der Waals surface area contributed by atoms with Gasteiger partial charge in [-0.05, 0) is 55.5 Å². The number of carbonyl (C=O) groups excluding carboxylic acids is 1. The molecule has 0 radical (unpaired) electrons. The number of aryl methyl sites for hydroxylation is 3. The molecular formula is C21H28N2O3S. The maximum absolute atomic E-state index is 12.6. The molecule has 1 unspecified atom stereocenters. The Balaban J connectivity index is 2.17. The lowest BCUT2D eigenvalue weighted by molar-refractivity contribution is -0.120. The summed E-state index contributed by atoms with van der Waals surface area (Å²) < 4.78 is 25.8. The second-order valence-corrected chi connectivity index (χ2v) is 8.85. The average molecular weight is 389 g/mol. The molecule has 0 fully saturated rings. The zero-order chi connectivity index (χ0) is 20.2. The highest BCUT2D eigenvalue weighted by Crippen LogP contribution is 2.24. The highest BCUT2D eigenvalue weighted by molar-refractivity contribution is 7.92. The van der Waals surface area contributed by atoms with Gasteiger partial charge in [-0.25, -0.2) is 8.42 Å². The van der Waals surface area contributed by atoms with E-state index in [-0.39, 0.29) is 18.5 Å². The summed E-state index contributed by atoms with van der Waals surface area (Å²) in [5.41, 5.74) is 4.50. The van der Waals surface area contributed by atoms with Crippen molar-refractivity contribution in [3.63, 3.8) is 0 Å². The summed E-state index contributed by atoms with van der Waals surface area (Å²) in [6.45, 7) is 7.46. The van der Waals surface area contributed by atoms with Crippen LogP contribution in [0.5, 0.6) is 0 Å². The molecule has 0 aliphatic rings. The van der Waals surface area contributed by atoms with Crippen LogP contribution in [0.15, 0.2) is 42.5 Å². The van der Waals surface area contributed by atoms with E-state index in [1.807, 2.05) is 57.2 Å². The number of amides is 1. The highest BCUT2D eigenvalue weighted by atomic mass is 32.2. The van der Waals surface area contributed by atoms with Crippen molar-refractivity contribution in [2.45, 2.75) is 40.2 Å². The first-order valence-electron chi connectivity index (χ1n) is 9.05. The van der Waals surface area contributed by atoms with E-state index < -0.39 is 10.0 Å². The standard InChI is InChI=1S/C21H28N2O3S/c1-6-18-9-11-19(12-10-18)17(4)22-21(24)14-23(27(5,25)26)20-13-15(2)7-8-16(20)3/h7-13,17H,6,14H2,1-5H3,(H,22,24). The third kappa shape index (κ3) is 5.57. The van der Waals surface area contributed by atoms with E-state index in [2.05, 4.69) is 12.2 Å². The first-order chi connectivity index (χ1) is 12.6. The average Bonchev–Trinajstić information content (AvgIpc) is 2.61. The lowest BCUT2D eigenvalue weighted by Gasteiger charge is -2.25. The van der Waals surface area contributed by atoms with Crippen LogP contribution in [0.25, 0.3) is 0 Å². The van der Waals surface area contributed by atoms with Crippen molar-refractivity contribution < 1.29 is 13.2 Å². The smallest absolute Gasteiger partial charge is 0.241 e. The minimum absolute atomic E-state index is 0.205. The molecule has 27 heavy (non-hydrogen) atoms. The van der Waals surface area contributed by atoms with Crippen LogP contribution in [0.3, 0.4) is 0 Å². The van der Waals surface area contributed by atoms with E-state index >= 15 is 0 Å². The summed E-state index contributed by atoms with van der Waals surface area (Å²) in [6.07, 6.45) is 2.08. The van der Waals surface area contributed by atoms with Gasteiger partial charge >= 0.3 is 0 Å². The van der Waals surface area contributed by atoms with E-state index in [1.54, 1.807) is 6.07 Å². The van der Waals surface area contributed by atoms with Crippen molar-refractivity contribution in [1.29, 1.82) is 0 Å². The van der Waals surface area contributed by atoms with Crippen molar-refractivity contribution in [1.82, 2.24) is 5.32 Å². The lowest BCUT2D eigenvalue weighted by atomic mass is 10.1. The molecule has 2 rings (SSSR count). The zero-order valence-electron chi connectivity index (χ0n) is 16.6. The Labute approximate surface area is 162 Å². The van der Waals surface area contributed by atoms with Gasteiger partial charge in [-0.3, -0.25) is 9.10 Å². The third-order valence-electron chi connectivity index (χ3n) is 4.59. The fraction of sp³-hybridized carbons (Fsp3) is 0.381. The van der Waals surface area contributed by atoms with Crippen LogP contribution < -0.4 is 9.62 Å². The van der Waals surface area contributed by atoms with Crippen LogP contribution >= 0.6 is 0 Å². The van der Waals surface area contributed by atoms with E-state index in [0.29, 0.717) is 5.69 Å². The van der Waals surface area contributed by atoms with Crippen LogP contribution in [0.1, 0.15) is 42.1 Å².